The summed E-state index contributed by atoms with van der Waals surface area (Å²) in [5.74, 6) is 0.408. The second-order valence-corrected chi connectivity index (χ2v) is 5.42. The molecule has 2 aromatic rings. The second kappa shape index (κ2) is 5.48. The molecule has 0 saturated heterocycles. The maximum absolute atomic E-state index is 12.2. The lowest BCUT2D eigenvalue weighted by atomic mass is 9.97. The van der Waals surface area contributed by atoms with E-state index in [-0.39, 0.29) is 17.6 Å². The number of para-hydroxylation sites is 1. The molecule has 1 aliphatic rings. The molecule has 2 aromatic carbocycles. The maximum atomic E-state index is 12.2. The molecule has 0 saturated carbocycles. The van der Waals surface area contributed by atoms with E-state index in [1.807, 2.05) is 25.1 Å². The smallest absolute Gasteiger partial charge is 0.225 e. The van der Waals surface area contributed by atoms with Gasteiger partial charge in [0, 0.05) is 30.3 Å². The summed E-state index contributed by atoms with van der Waals surface area (Å²) >= 11 is 0. The van der Waals surface area contributed by atoms with Crippen LogP contribution in [0, 0.1) is 6.92 Å². The number of rotatable bonds is 3. The van der Waals surface area contributed by atoms with Crippen LogP contribution in [0.1, 0.15) is 23.5 Å². The largest absolute Gasteiger partial charge is 0.508 e. The molecule has 0 radical (unpaired) electrons. The zero-order valence-electron chi connectivity index (χ0n) is 11.9. The Bertz CT molecular complexity index is 682. The van der Waals surface area contributed by atoms with Crippen molar-refractivity contribution in [1.29, 1.82) is 0 Å². The number of aryl methyl sites for hydroxylation is 1. The highest BCUT2D eigenvalue weighted by molar-refractivity contribution is 5.92. The van der Waals surface area contributed by atoms with Gasteiger partial charge in [0.2, 0.25) is 5.91 Å². The molecule has 0 aliphatic carbocycles. The number of phenolic OH excluding ortho intramolecular Hbond substituents is 1. The molecule has 1 amide bonds. The van der Waals surface area contributed by atoms with Crippen LogP contribution in [0.2, 0.25) is 0 Å². The Hall–Kier alpha value is -2.49. The van der Waals surface area contributed by atoms with Crippen LogP contribution in [0.4, 0.5) is 11.4 Å². The van der Waals surface area contributed by atoms with E-state index < -0.39 is 0 Å². The van der Waals surface area contributed by atoms with Gasteiger partial charge in [0.15, 0.2) is 0 Å². The van der Waals surface area contributed by atoms with Gasteiger partial charge in [-0.05, 0) is 42.3 Å². The van der Waals surface area contributed by atoms with Crippen LogP contribution in [-0.4, -0.2) is 17.6 Å². The molecule has 108 valence electrons. The van der Waals surface area contributed by atoms with Crippen molar-refractivity contribution < 1.29 is 9.90 Å². The number of anilines is 2. The third-order valence-electron chi connectivity index (χ3n) is 3.86. The van der Waals surface area contributed by atoms with Gasteiger partial charge in [-0.2, -0.15) is 0 Å². The zero-order chi connectivity index (χ0) is 14.8. The van der Waals surface area contributed by atoms with Gasteiger partial charge < -0.3 is 15.7 Å². The van der Waals surface area contributed by atoms with Crippen LogP contribution in [-0.2, 0) is 4.79 Å². The Morgan fingerprint density at radius 1 is 1.33 bits per heavy atom. The molecule has 4 nitrogen and oxygen atoms in total. The predicted molar refractivity (Wildman–Crippen MR) is 83.8 cm³/mol. The number of phenols is 1. The van der Waals surface area contributed by atoms with E-state index in [1.54, 1.807) is 18.2 Å². The highest BCUT2D eigenvalue weighted by Gasteiger charge is 2.24. The van der Waals surface area contributed by atoms with E-state index in [1.165, 1.54) is 5.56 Å². The Labute approximate surface area is 123 Å². The van der Waals surface area contributed by atoms with Crippen molar-refractivity contribution in [3.63, 3.8) is 0 Å². The fourth-order valence-corrected chi connectivity index (χ4v) is 2.75. The first-order chi connectivity index (χ1) is 10.1. The first kappa shape index (κ1) is 13.5. The third-order valence-corrected chi connectivity index (χ3v) is 3.86. The van der Waals surface area contributed by atoms with Crippen molar-refractivity contribution in [1.82, 2.24) is 0 Å². The molecular formula is C17H18N2O2. The van der Waals surface area contributed by atoms with Gasteiger partial charge in [0.1, 0.15) is 5.75 Å². The summed E-state index contributed by atoms with van der Waals surface area (Å²) in [5.41, 5.74) is 3.93. The van der Waals surface area contributed by atoms with Crippen molar-refractivity contribution in [3.05, 3.63) is 53.6 Å². The maximum Gasteiger partial charge on any atom is 0.225 e. The van der Waals surface area contributed by atoms with Gasteiger partial charge in [-0.1, -0.05) is 18.2 Å². The van der Waals surface area contributed by atoms with Crippen molar-refractivity contribution >= 4 is 17.3 Å². The molecule has 1 aliphatic heterocycles. The van der Waals surface area contributed by atoms with E-state index in [0.29, 0.717) is 6.42 Å². The molecule has 1 unspecified atom stereocenters. The van der Waals surface area contributed by atoms with E-state index in [9.17, 15) is 9.90 Å². The van der Waals surface area contributed by atoms with E-state index in [0.717, 1.165) is 23.5 Å². The van der Waals surface area contributed by atoms with Crippen LogP contribution in [0.15, 0.2) is 42.5 Å². The number of amides is 1. The molecule has 1 atom stereocenters. The topological polar surface area (TPSA) is 61.4 Å². The molecule has 0 bridgehead atoms. The molecule has 0 aromatic heterocycles. The van der Waals surface area contributed by atoms with Crippen LogP contribution < -0.4 is 10.6 Å². The fraction of sp³-hybridized carbons (Fsp3) is 0.235. The number of hydrogen-bond donors (Lipinski definition) is 3. The molecule has 21 heavy (non-hydrogen) atoms. The standard InChI is InChI=1S/C17H18N2O2/c1-11-8-13(20)6-7-15(11)19-17(21)9-12-10-18-16-5-3-2-4-14(12)16/h2-8,12,18,20H,9-10H2,1H3,(H,19,21). The first-order valence-electron chi connectivity index (χ1n) is 7.06. The summed E-state index contributed by atoms with van der Waals surface area (Å²) in [6, 6.07) is 13.0. The summed E-state index contributed by atoms with van der Waals surface area (Å²) in [7, 11) is 0. The van der Waals surface area contributed by atoms with Crippen LogP contribution in [0.5, 0.6) is 5.75 Å². The molecule has 4 heteroatoms. The van der Waals surface area contributed by atoms with Crippen molar-refractivity contribution in [2.24, 2.45) is 0 Å². The Morgan fingerprint density at radius 2 is 2.14 bits per heavy atom. The Morgan fingerprint density at radius 3 is 2.95 bits per heavy atom. The van der Waals surface area contributed by atoms with Crippen molar-refractivity contribution in [2.45, 2.75) is 19.3 Å². The number of carbonyl (C=O) groups excluding carboxylic acids is 1. The second-order valence-electron chi connectivity index (χ2n) is 5.42. The minimum Gasteiger partial charge on any atom is -0.508 e. The monoisotopic (exact) mass is 282 g/mol. The van der Waals surface area contributed by atoms with Gasteiger partial charge in [-0.3, -0.25) is 4.79 Å². The van der Waals surface area contributed by atoms with E-state index in [4.69, 9.17) is 0 Å². The quantitative estimate of drug-likeness (QED) is 0.757. The molecule has 0 spiro atoms. The van der Waals surface area contributed by atoms with Crippen molar-refractivity contribution in [3.8, 4) is 5.75 Å². The van der Waals surface area contributed by atoms with Gasteiger partial charge in [0.25, 0.3) is 0 Å². The summed E-state index contributed by atoms with van der Waals surface area (Å²) in [6.07, 6.45) is 0.449. The molecule has 0 fully saturated rings. The van der Waals surface area contributed by atoms with Crippen molar-refractivity contribution in [2.75, 3.05) is 17.2 Å². The van der Waals surface area contributed by atoms with Crippen LogP contribution >= 0.6 is 0 Å². The average Bonchev–Trinajstić information content (AvgIpc) is 2.85. The number of aromatic hydroxyl groups is 1. The van der Waals surface area contributed by atoms with Crippen LogP contribution in [0.25, 0.3) is 0 Å². The summed E-state index contributed by atoms with van der Waals surface area (Å²) in [4.78, 5) is 12.2. The predicted octanol–water partition coefficient (Wildman–Crippen LogP) is 3.24. The summed E-state index contributed by atoms with van der Waals surface area (Å²) < 4.78 is 0. The lowest BCUT2D eigenvalue weighted by molar-refractivity contribution is -0.116. The van der Waals surface area contributed by atoms with Gasteiger partial charge in [-0.15, -0.1) is 0 Å². The number of carbonyl (C=O) groups is 1. The number of fused-ring (bicyclic) bond motifs is 1. The minimum absolute atomic E-state index is 0.00714. The van der Waals surface area contributed by atoms with Gasteiger partial charge >= 0.3 is 0 Å². The number of hydrogen-bond acceptors (Lipinski definition) is 3. The highest BCUT2D eigenvalue weighted by Crippen LogP contribution is 2.33. The Balaban J connectivity index is 1.68. The van der Waals surface area contributed by atoms with Crippen LogP contribution in [0.3, 0.4) is 0 Å². The zero-order valence-corrected chi connectivity index (χ0v) is 11.9. The molecule has 1 heterocycles. The van der Waals surface area contributed by atoms with Gasteiger partial charge in [-0.25, -0.2) is 0 Å². The summed E-state index contributed by atoms with van der Waals surface area (Å²) in [5, 5.41) is 15.6. The SMILES string of the molecule is Cc1cc(O)ccc1NC(=O)CC1CNc2ccccc21. The molecule has 3 rings (SSSR count). The van der Waals surface area contributed by atoms with E-state index >= 15 is 0 Å². The molecule has 3 N–H and O–H groups in total. The fourth-order valence-electron chi connectivity index (χ4n) is 2.75. The van der Waals surface area contributed by atoms with Gasteiger partial charge in [0.05, 0.1) is 0 Å². The number of benzene rings is 2. The first-order valence-corrected chi connectivity index (χ1v) is 7.06. The summed E-state index contributed by atoms with van der Waals surface area (Å²) in [6.45, 7) is 2.66. The lowest BCUT2D eigenvalue weighted by Gasteiger charge is -2.12. The highest BCUT2D eigenvalue weighted by atomic mass is 16.3. The molecular weight excluding hydrogens is 264 g/mol. The lowest BCUT2D eigenvalue weighted by Crippen LogP contribution is -2.17. The van der Waals surface area contributed by atoms with E-state index in [2.05, 4.69) is 16.7 Å². The third kappa shape index (κ3) is 2.84. The normalized spacial score (nSPS) is 16.1. The minimum atomic E-state index is -0.00714. The number of nitrogens with one attached hydrogen (secondary N) is 2. The Kier molecular flexibility index (Phi) is 3.52. The average molecular weight is 282 g/mol.